The molecule has 3 aromatic carbocycles. The maximum absolute atomic E-state index is 14.0. The molecule has 0 radical (unpaired) electrons. The number of benzene rings is 3. The van der Waals surface area contributed by atoms with Crippen molar-refractivity contribution in [2.24, 2.45) is 16.5 Å². The highest BCUT2D eigenvalue weighted by atomic mass is 16.5. The third-order valence-corrected chi connectivity index (χ3v) is 7.23. The van der Waals surface area contributed by atoms with Crippen molar-refractivity contribution < 1.29 is 19.1 Å². The minimum atomic E-state index is -0.887. The van der Waals surface area contributed by atoms with Gasteiger partial charge in [-0.1, -0.05) is 24.3 Å². The van der Waals surface area contributed by atoms with Crippen molar-refractivity contribution in [1.29, 1.82) is 5.26 Å². The molecule has 0 spiro atoms. The van der Waals surface area contributed by atoms with E-state index in [1.807, 2.05) is 39.0 Å². The lowest BCUT2D eigenvalue weighted by molar-refractivity contribution is -0.135. The van der Waals surface area contributed by atoms with Crippen LogP contribution < -0.4 is 26.3 Å². The van der Waals surface area contributed by atoms with E-state index in [-0.39, 0.29) is 18.9 Å². The molecule has 0 aliphatic rings. The van der Waals surface area contributed by atoms with E-state index in [0.29, 0.717) is 33.9 Å². The number of nitrogens with zero attached hydrogens (tertiary/aromatic N) is 3. The summed E-state index contributed by atoms with van der Waals surface area (Å²) >= 11 is 0. The van der Waals surface area contributed by atoms with Crippen LogP contribution in [-0.4, -0.2) is 49.9 Å². The van der Waals surface area contributed by atoms with Crippen LogP contribution in [0.5, 0.6) is 11.5 Å². The largest absolute Gasteiger partial charge is 0.493 e. The number of nitrogens with two attached hydrogens (primary N) is 2. The Balaban J connectivity index is 1.95. The van der Waals surface area contributed by atoms with Gasteiger partial charge in [-0.25, -0.2) is 0 Å². The second-order valence-electron chi connectivity index (χ2n) is 10.1. The molecular formula is C33H38N6O4. The maximum atomic E-state index is 14.0. The predicted molar refractivity (Wildman–Crippen MR) is 167 cm³/mol. The lowest BCUT2D eigenvalue weighted by Gasteiger charge is -2.32. The number of nitriles is 1. The summed E-state index contributed by atoms with van der Waals surface area (Å²) in [6.07, 6.45) is 1.35. The first kappa shape index (κ1) is 32.4. The van der Waals surface area contributed by atoms with E-state index in [1.54, 1.807) is 61.7 Å². The van der Waals surface area contributed by atoms with Crippen LogP contribution in [0.15, 0.2) is 65.8 Å². The maximum Gasteiger partial charge on any atom is 0.248 e. The molecule has 2 atom stereocenters. The number of aliphatic imine (C=N–C) groups is 1. The second-order valence-corrected chi connectivity index (χ2v) is 10.1. The Morgan fingerprint density at radius 2 is 1.74 bits per heavy atom. The van der Waals surface area contributed by atoms with Gasteiger partial charge in [0.15, 0.2) is 11.5 Å². The van der Waals surface area contributed by atoms with Crippen molar-refractivity contribution in [3.63, 3.8) is 0 Å². The number of carbonyl (C=O) groups excluding carboxylic acids is 2. The minimum absolute atomic E-state index is 0.207. The Hall–Kier alpha value is -5.14. The van der Waals surface area contributed by atoms with Gasteiger partial charge in [0.25, 0.3) is 0 Å². The molecule has 0 aliphatic heterocycles. The van der Waals surface area contributed by atoms with Gasteiger partial charge >= 0.3 is 0 Å². The van der Waals surface area contributed by atoms with Crippen molar-refractivity contribution in [2.75, 3.05) is 14.2 Å². The number of hydrogen-bond donors (Lipinski definition) is 3. The molecular weight excluding hydrogens is 544 g/mol. The van der Waals surface area contributed by atoms with Gasteiger partial charge in [-0.2, -0.15) is 5.26 Å². The zero-order chi connectivity index (χ0) is 31.7. The molecule has 1 unspecified atom stereocenters. The smallest absolute Gasteiger partial charge is 0.248 e. The molecule has 3 aromatic rings. The third kappa shape index (κ3) is 7.78. The number of carbonyl (C=O) groups is 2. The summed E-state index contributed by atoms with van der Waals surface area (Å²) in [5, 5.41) is 12.8. The van der Waals surface area contributed by atoms with Crippen LogP contribution in [0.1, 0.15) is 50.7 Å². The Morgan fingerprint density at radius 1 is 1.09 bits per heavy atom. The number of ether oxygens (including phenoxy) is 2. The summed E-state index contributed by atoms with van der Waals surface area (Å²) in [5.41, 5.74) is 17.3. The first-order valence-electron chi connectivity index (χ1n) is 13.6. The van der Waals surface area contributed by atoms with Gasteiger partial charge in [0.2, 0.25) is 11.8 Å². The molecule has 43 heavy (non-hydrogen) atoms. The lowest BCUT2D eigenvalue weighted by atomic mass is 9.93. The van der Waals surface area contributed by atoms with Crippen LogP contribution in [0.25, 0.3) is 5.70 Å². The van der Waals surface area contributed by atoms with E-state index in [1.165, 1.54) is 0 Å². The molecule has 0 fully saturated rings. The average Bonchev–Trinajstić information content (AvgIpc) is 3.01. The van der Waals surface area contributed by atoms with Crippen molar-refractivity contribution >= 4 is 24.2 Å². The van der Waals surface area contributed by atoms with Gasteiger partial charge in [-0.05, 0) is 86.5 Å². The number of methoxy groups -OCH3 is 2. The van der Waals surface area contributed by atoms with Gasteiger partial charge in [0, 0.05) is 23.9 Å². The quantitative estimate of drug-likeness (QED) is 0.204. The van der Waals surface area contributed by atoms with Crippen LogP contribution in [0.3, 0.4) is 0 Å². The fourth-order valence-corrected chi connectivity index (χ4v) is 4.86. The van der Waals surface area contributed by atoms with E-state index in [2.05, 4.69) is 23.1 Å². The summed E-state index contributed by atoms with van der Waals surface area (Å²) in [4.78, 5) is 31.4. The average molecular weight is 583 g/mol. The second kappa shape index (κ2) is 14.7. The molecule has 3 rings (SSSR count). The summed E-state index contributed by atoms with van der Waals surface area (Å²) in [6, 6.07) is 17.2. The van der Waals surface area contributed by atoms with Crippen molar-refractivity contribution in [1.82, 2.24) is 10.2 Å². The van der Waals surface area contributed by atoms with Gasteiger partial charge in [0.1, 0.15) is 0 Å². The molecule has 0 heterocycles. The van der Waals surface area contributed by atoms with Crippen molar-refractivity contribution in [2.45, 2.75) is 45.9 Å². The molecule has 0 aromatic heterocycles. The third-order valence-electron chi connectivity index (χ3n) is 7.23. The fraction of sp³-hybridized carbons (Fsp3) is 0.273. The van der Waals surface area contributed by atoms with E-state index in [4.69, 9.17) is 20.9 Å². The molecule has 5 N–H and O–H groups in total. The molecule has 0 bridgehead atoms. The van der Waals surface area contributed by atoms with Crippen LogP contribution >= 0.6 is 0 Å². The predicted octanol–water partition coefficient (Wildman–Crippen LogP) is 3.82. The minimum Gasteiger partial charge on any atom is -0.493 e. The molecule has 10 heteroatoms. The number of aryl methyl sites for hydroxylation is 2. The number of hydrogen-bond acceptors (Lipinski definition) is 8. The highest BCUT2D eigenvalue weighted by molar-refractivity contribution is 5.93. The Labute approximate surface area is 252 Å². The summed E-state index contributed by atoms with van der Waals surface area (Å²) in [7, 11) is 3.10. The van der Waals surface area contributed by atoms with E-state index in [9.17, 15) is 14.9 Å². The molecule has 10 nitrogen and oxygen atoms in total. The van der Waals surface area contributed by atoms with E-state index >= 15 is 0 Å². The van der Waals surface area contributed by atoms with Gasteiger partial charge < -0.3 is 31.2 Å². The Kier molecular flexibility index (Phi) is 11.0. The number of rotatable bonds is 13. The van der Waals surface area contributed by atoms with Crippen molar-refractivity contribution in [3.8, 4) is 17.6 Å². The first-order valence-corrected chi connectivity index (χ1v) is 13.6. The van der Waals surface area contributed by atoms with Crippen molar-refractivity contribution in [3.05, 3.63) is 99.7 Å². The zero-order valence-electron chi connectivity index (χ0n) is 25.2. The Morgan fingerprint density at radius 3 is 2.33 bits per heavy atom. The van der Waals surface area contributed by atoms with Crippen LogP contribution in [0, 0.1) is 25.2 Å². The number of nitrogens with one attached hydrogen (secondary N) is 1. The molecule has 0 aliphatic carbocycles. The summed E-state index contributed by atoms with van der Waals surface area (Å²) < 4.78 is 10.8. The van der Waals surface area contributed by atoms with E-state index < -0.39 is 18.1 Å². The SMILES string of the molecule is C=N/C(=C\NC(C)N(Cc1ccc(OC)c(OC)c1)C(=O)[C@@H](N)Cc1c(C)cc(C(N)=O)cc1C)c1ccccc1C#N. The molecule has 0 saturated carbocycles. The topological polar surface area (TPSA) is 156 Å². The van der Waals surface area contributed by atoms with Crippen LogP contribution in [0.2, 0.25) is 0 Å². The first-order chi connectivity index (χ1) is 20.5. The van der Waals surface area contributed by atoms with Gasteiger partial charge in [0.05, 0.1) is 43.8 Å². The van der Waals surface area contributed by atoms with Gasteiger partial charge in [-0.3, -0.25) is 14.6 Å². The molecule has 2 amide bonds. The lowest BCUT2D eigenvalue weighted by Crippen LogP contribution is -2.52. The summed E-state index contributed by atoms with van der Waals surface area (Å²) in [5.74, 6) is 0.284. The number of primary amides is 1. The Bertz CT molecular complexity index is 1550. The summed E-state index contributed by atoms with van der Waals surface area (Å²) in [6.45, 7) is 9.43. The standard InChI is InChI=1S/C33H38N6O4/c1-20-13-25(32(36)40)14-21(2)27(20)16-28(35)33(41)39(19-23-11-12-30(42-5)31(15-23)43-6)22(3)38-18-29(37-4)26-10-8-7-9-24(26)17-34/h7-15,18,22,28,38H,4,16,19,35H2,1-3,5-6H3,(H2,36,40)/b29-18-/t22?,28-/m0/s1. The number of amides is 2. The van der Waals surface area contributed by atoms with Gasteiger partial charge in [-0.15, -0.1) is 0 Å². The fourth-order valence-electron chi connectivity index (χ4n) is 4.86. The monoisotopic (exact) mass is 582 g/mol. The highest BCUT2D eigenvalue weighted by Gasteiger charge is 2.27. The molecule has 224 valence electrons. The highest BCUT2D eigenvalue weighted by Crippen LogP contribution is 2.29. The zero-order valence-corrected chi connectivity index (χ0v) is 25.2. The van der Waals surface area contributed by atoms with Crippen LogP contribution in [-0.2, 0) is 17.8 Å². The normalized spacial score (nSPS) is 12.4. The van der Waals surface area contributed by atoms with Crippen LogP contribution in [0.4, 0.5) is 0 Å². The molecule has 0 saturated heterocycles. The van der Waals surface area contributed by atoms with E-state index in [0.717, 1.165) is 22.3 Å².